The number of carbonyl (C=O) groups is 3. The predicted molar refractivity (Wildman–Crippen MR) is 118 cm³/mol. The normalized spacial score (nSPS) is 20.7. The van der Waals surface area contributed by atoms with Crippen LogP contribution < -0.4 is 19.5 Å². The lowest BCUT2D eigenvalue weighted by molar-refractivity contribution is -0.151. The number of nitrogens with zero attached hydrogens (tertiary/aromatic N) is 1. The zero-order valence-electron chi connectivity index (χ0n) is 19.2. The number of aromatic nitrogens is 1. The summed E-state index contributed by atoms with van der Waals surface area (Å²) in [6, 6.07) is 6.36. The molecule has 1 aliphatic heterocycles. The first-order chi connectivity index (χ1) is 16.3. The number of carbonyl (C=O) groups excluding carboxylic acids is 3. The second-order valence-electron chi connectivity index (χ2n) is 7.92. The van der Waals surface area contributed by atoms with Crippen LogP contribution in [0.5, 0.6) is 17.2 Å². The molecule has 3 atom stereocenters. The Bertz CT molecular complexity index is 1050. The number of nitrogens with one attached hydrogen (secondary N) is 1. The van der Waals surface area contributed by atoms with Gasteiger partial charge in [-0.2, -0.15) is 0 Å². The van der Waals surface area contributed by atoms with Crippen LogP contribution in [0.3, 0.4) is 0 Å². The monoisotopic (exact) mass is 474 g/mol. The molecule has 2 heterocycles. The molecular formula is C24H27FN2O7. The van der Waals surface area contributed by atoms with Gasteiger partial charge in [0.15, 0.2) is 11.4 Å². The van der Waals surface area contributed by atoms with Gasteiger partial charge in [-0.1, -0.05) is 6.07 Å². The molecule has 34 heavy (non-hydrogen) atoms. The highest BCUT2D eigenvalue weighted by molar-refractivity contribution is 5.98. The Hall–Kier alpha value is -3.69. The van der Waals surface area contributed by atoms with E-state index >= 15 is 0 Å². The highest BCUT2D eigenvalue weighted by Crippen LogP contribution is 2.30. The van der Waals surface area contributed by atoms with Crippen LogP contribution in [-0.4, -0.2) is 48.2 Å². The zero-order valence-corrected chi connectivity index (χ0v) is 19.2. The number of rotatable bonds is 6. The van der Waals surface area contributed by atoms with E-state index in [1.54, 1.807) is 19.1 Å². The molecule has 1 aromatic carbocycles. The molecule has 0 spiro atoms. The molecule has 1 N–H and O–H groups in total. The number of benzene rings is 1. The molecule has 2 unspecified atom stereocenters. The summed E-state index contributed by atoms with van der Waals surface area (Å²) >= 11 is 0. The maximum Gasteiger partial charge on any atom is 0.328 e. The average Bonchev–Trinajstić information content (AvgIpc) is 2.83. The van der Waals surface area contributed by atoms with E-state index in [2.05, 4.69) is 10.3 Å². The molecule has 1 aliphatic rings. The Kier molecular flexibility index (Phi) is 8.39. The lowest BCUT2D eigenvalue weighted by atomic mass is 10.0. The van der Waals surface area contributed by atoms with Gasteiger partial charge in [0.25, 0.3) is 5.91 Å². The first-order valence-corrected chi connectivity index (χ1v) is 10.9. The van der Waals surface area contributed by atoms with Crippen LogP contribution in [0, 0.1) is 5.82 Å². The molecular weight excluding hydrogens is 447 g/mol. The summed E-state index contributed by atoms with van der Waals surface area (Å²) in [7, 11) is 1.36. The van der Waals surface area contributed by atoms with Crippen molar-refractivity contribution in [3.63, 3.8) is 0 Å². The fourth-order valence-corrected chi connectivity index (χ4v) is 3.68. The van der Waals surface area contributed by atoms with Gasteiger partial charge in [-0.25, -0.2) is 14.2 Å². The fourth-order valence-electron chi connectivity index (χ4n) is 3.68. The van der Waals surface area contributed by atoms with E-state index in [0.717, 1.165) is 0 Å². The van der Waals surface area contributed by atoms with Gasteiger partial charge in [0.05, 0.1) is 7.11 Å². The minimum atomic E-state index is -0.943. The summed E-state index contributed by atoms with van der Waals surface area (Å²) in [5.74, 6) is -1.94. The third-order valence-corrected chi connectivity index (χ3v) is 5.17. The Morgan fingerprint density at radius 1 is 1.24 bits per heavy atom. The minimum absolute atomic E-state index is 0.136. The van der Waals surface area contributed by atoms with Crippen molar-refractivity contribution in [3.8, 4) is 17.2 Å². The number of ether oxygens (including phenoxy) is 4. The molecule has 1 amide bonds. The largest absolute Gasteiger partial charge is 0.493 e. The summed E-state index contributed by atoms with van der Waals surface area (Å²) < 4.78 is 35.2. The average molecular weight is 474 g/mol. The van der Waals surface area contributed by atoms with Crippen molar-refractivity contribution >= 4 is 17.8 Å². The van der Waals surface area contributed by atoms with Gasteiger partial charge in [-0.15, -0.1) is 0 Å². The lowest BCUT2D eigenvalue weighted by Gasteiger charge is -2.21. The molecule has 3 rings (SSSR count). The van der Waals surface area contributed by atoms with Crippen molar-refractivity contribution in [2.24, 2.45) is 0 Å². The zero-order chi connectivity index (χ0) is 24.7. The Morgan fingerprint density at radius 2 is 2.03 bits per heavy atom. The van der Waals surface area contributed by atoms with Crippen molar-refractivity contribution in [1.29, 1.82) is 0 Å². The molecule has 0 radical (unpaired) electrons. The molecule has 10 heteroatoms. The van der Waals surface area contributed by atoms with E-state index in [9.17, 15) is 18.8 Å². The van der Waals surface area contributed by atoms with E-state index in [1.165, 1.54) is 38.4 Å². The van der Waals surface area contributed by atoms with Crippen molar-refractivity contribution in [2.45, 2.75) is 57.8 Å². The van der Waals surface area contributed by atoms with Crippen molar-refractivity contribution < 1.29 is 37.7 Å². The highest BCUT2D eigenvalue weighted by atomic mass is 19.1. The lowest BCUT2D eigenvalue weighted by Crippen LogP contribution is -2.43. The minimum Gasteiger partial charge on any atom is -0.493 e. The molecule has 182 valence electrons. The molecule has 1 aromatic heterocycles. The van der Waals surface area contributed by atoms with Crippen molar-refractivity contribution in [1.82, 2.24) is 10.3 Å². The van der Waals surface area contributed by atoms with Gasteiger partial charge in [0.2, 0.25) is 5.75 Å². The second-order valence-corrected chi connectivity index (χ2v) is 7.92. The molecule has 2 aromatic rings. The molecule has 1 fully saturated rings. The van der Waals surface area contributed by atoms with Crippen LogP contribution in [-0.2, 0) is 14.3 Å². The smallest absolute Gasteiger partial charge is 0.328 e. The van der Waals surface area contributed by atoms with Crippen LogP contribution in [0.15, 0.2) is 36.5 Å². The molecule has 0 bridgehead atoms. The third-order valence-electron chi connectivity index (χ3n) is 5.17. The van der Waals surface area contributed by atoms with Crippen LogP contribution >= 0.6 is 0 Å². The number of esters is 2. The topological polar surface area (TPSA) is 113 Å². The summed E-state index contributed by atoms with van der Waals surface area (Å²) in [5.41, 5.74) is -0.192. The molecule has 9 nitrogen and oxygen atoms in total. The number of hydrogen-bond donors (Lipinski definition) is 1. The maximum atomic E-state index is 13.5. The van der Waals surface area contributed by atoms with E-state index in [0.29, 0.717) is 25.0 Å². The summed E-state index contributed by atoms with van der Waals surface area (Å²) in [5, 5.41) is 2.62. The van der Waals surface area contributed by atoms with Crippen LogP contribution in [0.2, 0.25) is 0 Å². The third kappa shape index (κ3) is 6.66. The van der Waals surface area contributed by atoms with Gasteiger partial charge in [-0.3, -0.25) is 9.59 Å². The van der Waals surface area contributed by atoms with E-state index in [1.807, 2.05) is 0 Å². The van der Waals surface area contributed by atoms with Crippen LogP contribution in [0.1, 0.15) is 50.0 Å². The molecule has 0 aliphatic carbocycles. The SMILES string of the molecule is COc1ccnc(C(=O)N[C@H]2CCCC(Oc3cccc(F)c3)CC(C)OC2=O)c1OC(C)=O. The number of hydrogen-bond acceptors (Lipinski definition) is 8. The second kappa shape index (κ2) is 11.4. The first-order valence-electron chi connectivity index (χ1n) is 10.9. The van der Waals surface area contributed by atoms with Gasteiger partial charge in [0, 0.05) is 31.7 Å². The summed E-state index contributed by atoms with van der Waals surface area (Å²) in [4.78, 5) is 41.2. The fraction of sp³-hybridized carbons (Fsp3) is 0.417. The number of cyclic esters (lactones) is 1. The molecule has 1 saturated heterocycles. The summed E-state index contributed by atoms with van der Waals surface area (Å²) in [6.07, 6.45) is 2.35. The quantitative estimate of drug-likeness (QED) is 0.635. The number of methoxy groups -OCH3 is 1. The Morgan fingerprint density at radius 3 is 2.74 bits per heavy atom. The number of pyridine rings is 1. The van der Waals surface area contributed by atoms with Crippen molar-refractivity contribution in [2.75, 3.05) is 7.11 Å². The van der Waals surface area contributed by atoms with E-state index in [4.69, 9.17) is 18.9 Å². The number of halogens is 1. The Labute approximate surface area is 196 Å². The van der Waals surface area contributed by atoms with Gasteiger partial charge in [-0.05, 0) is 38.3 Å². The van der Waals surface area contributed by atoms with Crippen LogP contribution in [0.4, 0.5) is 4.39 Å². The van der Waals surface area contributed by atoms with Gasteiger partial charge in [0.1, 0.15) is 29.8 Å². The van der Waals surface area contributed by atoms with E-state index in [-0.39, 0.29) is 29.7 Å². The van der Waals surface area contributed by atoms with Crippen LogP contribution in [0.25, 0.3) is 0 Å². The number of amides is 1. The predicted octanol–water partition coefficient (Wildman–Crippen LogP) is 3.21. The standard InChI is InChI=1S/C24H27FN2O7/c1-14-12-17(34-18-7-4-6-16(25)13-18)8-5-9-19(24(30)32-14)27-23(29)21-22(33-15(2)28)20(31-3)10-11-26-21/h4,6-7,10-11,13-14,17,19H,5,8-9,12H2,1-3H3,(H,27,29)/t14?,17?,19-/m0/s1. The van der Waals surface area contributed by atoms with Gasteiger partial charge >= 0.3 is 11.9 Å². The Balaban J connectivity index is 1.72. The molecule has 0 saturated carbocycles. The van der Waals surface area contributed by atoms with Crippen molar-refractivity contribution in [3.05, 3.63) is 48.0 Å². The maximum absolute atomic E-state index is 13.5. The van der Waals surface area contributed by atoms with E-state index < -0.39 is 35.8 Å². The highest BCUT2D eigenvalue weighted by Gasteiger charge is 2.30. The summed E-state index contributed by atoms with van der Waals surface area (Å²) in [6.45, 7) is 2.92. The van der Waals surface area contributed by atoms with Gasteiger partial charge < -0.3 is 24.3 Å². The first kappa shape index (κ1) is 24.9.